The molecule has 5 rings (SSSR count). The van der Waals surface area contributed by atoms with Crippen molar-refractivity contribution in [2.75, 3.05) is 50.8 Å². The monoisotopic (exact) mass is 408 g/mol. The molecule has 2 heterocycles. The smallest absolute Gasteiger partial charge is 0.195 e. The van der Waals surface area contributed by atoms with Gasteiger partial charge in [-0.25, -0.2) is 0 Å². The Labute approximate surface area is 179 Å². The quantitative estimate of drug-likeness (QED) is 0.816. The molecule has 30 heavy (non-hydrogen) atoms. The second kappa shape index (κ2) is 8.58. The molecule has 2 aromatic rings. The number of rotatable bonds is 5. The second-order valence-corrected chi connectivity index (χ2v) is 8.87. The van der Waals surface area contributed by atoms with Crippen LogP contribution in [0.25, 0.3) is 0 Å². The Morgan fingerprint density at radius 2 is 1.67 bits per heavy atom. The number of anilines is 1. The Kier molecular flexibility index (Phi) is 5.68. The minimum Gasteiger partial charge on any atom is -0.508 e. The summed E-state index contributed by atoms with van der Waals surface area (Å²) in [5.41, 5.74) is 3.86. The number of nitrogens with zero attached hydrogens (tertiary/aromatic N) is 2. The minimum atomic E-state index is -0.491. The molecular weight excluding hydrogens is 376 g/mol. The van der Waals surface area contributed by atoms with E-state index in [9.17, 15) is 5.11 Å². The average molecular weight is 409 g/mol. The molecule has 0 radical (unpaired) electrons. The molecule has 5 heteroatoms. The molecule has 1 aliphatic carbocycles. The zero-order valence-electron chi connectivity index (χ0n) is 17.6. The molecule has 2 saturated heterocycles. The van der Waals surface area contributed by atoms with Crippen molar-refractivity contribution in [3.05, 3.63) is 59.7 Å². The summed E-state index contributed by atoms with van der Waals surface area (Å²) in [6.45, 7) is 6.86. The number of benzene rings is 2. The molecule has 1 spiro atoms. The van der Waals surface area contributed by atoms with Crippen LogP contribution in [-0.4, -0.2) is 55.9 Å². The molecule has 0 amide bonds. The summed E-state index contributed by atoms with van der Waals surface area (Å²) in [6, 6.07) is 16.2. The van der Waals surface area contributed by atoms with Crippen molar-refractivity contribution in [2.45, 2.75) is 31.5 Å². The van der Waals surface area contributed by atoms with Crippen LogP contribution in [0.15, 0.2) is 48.5 Å². The van der Waals surface area contributed by atoms with E-state index in [4.69, 9.17) is 9.47 Å². The molecule has 0 saturated carbocycles. The van der Waals surface area contributed by atoms with Gasteiger partial charge in [-0.2, -0.15) is 0 Å². The number of piperazine rings is 1. The maximum Gasteiger partial charge on any atom is 0.195 e. The molecule has 3 aliphatic rings. The summed E-state index contributed by atoms with van der Waals surface area (Å²) in [5.74, 6) is 0.462. The summed E-state index contributed by atoms with van der Waals surface area (Å²) < 4.78 is 12.3. The van der Waals surface area contributed by atoms with Gasteiger partial charge in [-0.1, -0.05) is 24.3 Å². The van der Waals surface area contributed by atoms with Gasteiger partial charge in [-0.15, -0.1) is 0 Å². The third kappa shape index (κ3) is 4.07. The molecule has 0 aromatic heterocycles. The fraction of sp³-hybridized carbons (Fsp3) is 0.520. The number of ether oxygens (including phenoxy) is 2. The molecule has 2 aliphatic heterocycles. The summed E-state index contributed by atoms with van der Waals surface area (Å²) in [5, 5.41) is 9.48. The van der Waals surface area contributed by atoms with Gasteiger partial charge in [-0.05, 0) is 61.6 Å². The average Bonchev–Trinajstić information content (AvgIpc) is 3.24. The topological polar surface area (TPSA) is 45.2 Å². The number of hydrogen-bond acceptors (Lipinski definition) is 5. The van der Waals surface area contributed by atoms with Crippen LogP contribution >= 0.6 is 0 Å². The van der Waals surface area contributed by atoms with E-state index >= 15 is 0 Å². The molecule has 160 valence electrons. The lowest BCUT2D eigenvalue weighted by Gasteiger charge is -2.39. The maximum absolute atomic E-state index is 9.48. The lowest BCUT2D eigenvalue weighted by Crippen LogP contribution is -2.46. The summed E-state index contributed by atoms with van der Waals surface area (Å²) >= 11 is 0. The first kappa shape index (κ1) is 19.9. The van der Waals surface area contributed by atoms with Crippen LogP contribution in [0.1, 0.15) is 30.4 Å². The highest BCUT2D eigenvalue weighted by Crippen LogP contribution is 2.45. The first-order valence-corrected chi connectivity index (χ1v) is 11.3. The van der Waals surface area contributed by atoms with Gasteiger partial charge < -0.3 is 19.5 Å². The Morgan fingerprint density at radius 3 is 2.43 bits per heavy atom. The van der Waals surface area contributed by atoms with Gasteiger partial charge in [0, 0.05) is 43.9 Å². The number of aromatic hydroxyl groups is 1. The maximum atomic E-state index is 9.48. The Hall–Kier alpha value is -2.08. The van der Waals surface area contributed by atoms with E-state index in [1.54, 1.807) is 12.1 Å². The Bertz CT molecular complexity index is 840. The third-order valence-electron chi connectivity index (χ3n) is 6.92. The largest absolute Gasteiger partial charge is 0.508 e. The van der Waals surface area contributed by atoms with Crippen LogP contribution in [-0.2, 0) is 21.7 Å². The normalized spacial score (nSPS) is 23.6. The van der Waals surface area contributed by atoms with Gasteiger partial charge in [0.25, 0.3) is 0 Å². The standard InChI is InChI=1S/C25H32N2O3/c28-23-9-7-22(8-10-23)27-14-12-26(13-15-27)11-3-4-20-18-21-5-1-2-6-24(21)25(19-20)29-16-17-30-25/h1-2,5-10,20,28H,3-4,11-19H2. The van der Waals surface area contributed by atoms with Crippen molar-refractivity contribution in [2.24, 2.45) is 5.92 Å². The highest BCUT2D eigenvalue weighted by atomic mass is 16.7. The molecule has 5 nitrogen and oxygen atoms in total. The van der Waals surface area contributed by atoms with E-state index in [1.807, 2.05) is 12.1 Å². The predicted molar refractivity (Wildman–Crippen MR) is 118 cm³/mol. The van der Waals surface area contributed by atoms with Crippen LogP contribution in [0.4, 0.5) is 5.69 Å². The lowest BCUT2D eigenvalue weighted by molar-refractivity contribution is -0.184. The molecule has 1 unspecified atom stereocenters. The lowest BCUT2D eigenvalue weighted by atomic mass is 9.78. The first-order chi connectivity index (χ1) is 14.7. The van der Waals surface area contributed by atoms with Crippen molar-refractivity contribution >= 4 is 5.69 Å². The van der Waals surface area contributed by atoms with Crippen molar-refractivity contribution in [1.82, 2.24) is 4.90 Å². The van der Waals surface area contributed by atoms with Gasteiger partial charge in [0.05, 0.1) is 13.2 Å². The van der Waals surface area contributed by atoms with E-state index in [2.05, 4.69) is 34.1 Å². The van der Waals surface area contributed by atoms with Crippen molar-refractivity contribution in [3.8, 4) is 5.75 Å². The number of phenols is 1. The van der Waals surface area contributed by atoms with E-state index in [-0.39, 0.29) is 0 Å². The Balaban J connectivity index is 1.11. The first-order valence-electron chi connectivity index (χ1n) is 11.3. The fourth-order valence-corrected chi connectivity index (χ4v) is 5.37. The number of fused-ring (bicyclic) bond motifs is 2. The highest BCUT2D eigenvalue weighted by Gasteiger charge is 2.44. The van der Waals surface area contributed by atoms with Gasteiger partial charge >= 0.3 is 0 Å². The van der Waals surface area contributed by atoms with Crippen molar-refractivity contribution in [3.63, 3.8) is 0 Å². The van der Waals surface area contributed by atoms with Gasteiger partial charge in [0.2, 0.25) is 0 Å². The molecule has 2 fully saturated rings. The van der Waals surface area contributed by atoms with Crippen LogP contribution in [0.3, 0.4) is 0 Å². The zero-order valence-corrected chi connectivity index (χ0v) is 17.6. The molecule has 1 N–H and O–H groups in total. The predicted octanol–water partition coefficient (Wildman–Crippen LogP) is 3.76. The van der Waals surface area contributed by atoms with Gasteiger partial charge in [-0.3, -0.25) is 4.90 Å². The summed E-state index contributed by atoms with van der Waals surface area (Å²) in [6.07, 6.45) is 4.57. The third-order valence-corrected chi connectivity index (χ3v) is 6.92. The van der Waals surface area contributed by atoms with E-state index in [0.29, 0.717) is 24.9 Å². The summed E-state index contributed by atoms with van der Waals surface area (Å²) in [4.78, 5) is 5.00. The van der Waals surface area contributed by atoms with Crippen LogP contribution < -0.4 is 4.90 Å². The molecular formula is C25H32N2O3. The molecule has 1 atom stereocenters. The van der Waals surface area contributed by atoms with Crippen LogP contribution in [0.2, 0.25) is 0 Å². The van der Waals surface area contributed by atoms with E-state index in [0.717, 1.165) is 45.6 Å². The molecule has 0 bridgehead atoms. The highest BCUT2D eigenvalue weighted by molar-refractivity contribution is 5.49. The SMILES string of the molecule is Oc1ccc(N2CCN(CCCC3Cc4ccccc4C4(C3)OCCO4)CC2)cc1. The number of hydrogen-bond donors (Lipinski definition) is 1. The summed E-state index contributed by atoms with van der Waals surface area (Å²) in [7, 11) is 0. The van der Waals surface area contributed by atoms with Gasteiger partial charge in [0.1, 0.15) is 5.75 Å². The molecule has 2 aromatic carbocycles. The minimum absolute atomic E-state index is 0.331. The number of phenolic OH excluding ortho intramolecular Hbond substituents is 1. The van der Waals surface area contributed by atoms with Crippen LogP contribution in [0.5, 0.6) is 5.75 Å². The van der Waals surface area contributed by atoms with Crippen molar-refractivity contribution < 1.29 is 14.6 Å². The fourth-order valence-electron chi connectivity index (χ4n) is 5.37. The second-order valence-electron chi connectivity index (χ2n) is 8.87. The van der Waals surface area contributed by atoms with Crippen LogP contribution in [0, 0.1) is 5.92 Å². The van der Waals surface area contributed by atoms with Gasteiger partial charge in [0.15, 0.2) is 5.79 Å². The Morgan fingerprint density at radius 1 is 0.933 bits per heavy atom. The van der Waals surface area contributed by atoms with E-state index < -0.39 is 5.79 Å². The zero-order chi connectivity index (χ0) is 20.4. The van der Waals surface area contributed by atoms with Crippen molar-refractivity contribution in [1.29, 1.82) is 0 Å². The van der Waals surface area contributed by atoms with E-state index in [1.165, 1.54) is 29.7 Å².